The number of nitrogens with zero attached hydrogens (tertiary/aromatic N) is 1. The van der Waals surface area contributed by atoms with E-state index in [9.17, 15) is 18.8 Å². The number of likely N-dealkylation sites (N-methyl/N-ethyl adjacent to an activating group) is 1. The van der Waals surface area contributed by atoms with Crippen molar-refractivity contribution in [2.75, 3.05) is 27.4 Å². The highest BCUT2D eigenvalue weighted by Crippen LogP contribution is 2.20. The number of halogens is 1. The molecule has 3 rings (SSSR count). The Hall–Kier alpha value is -3.88. The molecule has 0 saturated carbocycles. The van der Waals surface area contributed by atoms with Gasteiger partial charge in [0.15, 0.2) is 24.8 Å². The molecule has 0 unspecified atom stereocenters. The lowest BCUT2D eigenvalue weighted by Gasteiger charge is -2.17. The molecule has 0 spiro atoms. The summed E-state index contributed by atoms with van der Waals surface area (Å²) in [7, 11) is 2.88. The normalized spacial score (nSPS) is 10.5. The Morgan fingerprint density at radius 1 is 1.06 bits per heavy atom. The third kappa shape index (κ3) is 5.81. The first kappa shape index (κ1) is 21.8. The minimum Gasteiger partial charge on any atom is -0.494 e. The standard InChI is InChI=1S/C22H20FNO7/c1-24(11-14-3-7-18(28-2)17(23)9-14)20(25)12-30-22(27)13-29-16-6-4-15-5-8-21(26)31-19(15)10-16/h3-10H,11-13H2,1-2H3. The molecular formula is C22H20FNO7. The largest absolute Gasteiger partial charge is 0.494 e. The summed E-state index contributed by atoms with van der Waals surface area (Å²) in [6, 6.07) is 12.1. The first-order valence-electron chi connectivity index (χ1n) is 9.24. The number of amides is 1. The zero-order valence-electron chi connectivity index (χ0n) is 16.9. The van der Waals surface area contributed by atoms with Crippen molar-refractivity contribution in [2.24, 2.45) is 0 Å². The van der Waals surface area contributed by atoms with E-state index in [4.69, 9.17) is 18.6 Å². The summed E-state index contributed by atoms with van der Waals surface area (Å²) >= 11 is 0. The fourth-order valence-electron chi connectivity index (χ4n) is 2.74. The van der Waals surface area contributed by atoms with Crippen molar-refractivity contribution in [3.63, 3.8) is 0 Å². The van der Waals surface area contributed by atoms with Crippen molar-refractivity contribution >= 4 is 22.8 Å². The molecule has 0 fully saturated rings. The van der Waals surface area contributed by atoms with Gasteiger partial charge in [-0.3, -0.25) is 4.79 Å². The second-order valence-corrected chi connectivity index (χ2v) is 6.62. The summed E-state index contributed by atoms with van der Waals surface area (Å²) < 4.78 is 33.9. The highest BCUT2D eigenvalue weighted by Gasteiger charge is 2.14. The molecule has 2 aromatic carbocycles. The smallest absolute Gasteiger partial charge is 0.344 e. The van der Waals surface area contributed by atoms with Crippen LogP contribution in [-0.2, 0) is 20.9 Å². The maximum Gasteiger partial charge on any atom is 0.344 e. The molecule has 0 atom stereocenters. The molecule has 0 aliphatic rings. The molecule has 1 amide bonds. The lowest BCUT2D eigenvalue weighted by Crippen LogP contribution is -2.31. The predicted octanol–water partition coefficient (Wildman–Crippen LogP) is 2.52. The van der Waals surface area contributed by atoms with Crippen LogP contribution in [-0.4, -0.2) is 44.1 Å². The Morgan fingerprint density at radius 2 is 1.84 bits per heavy atom. The molecule has 0 N–H and O–H groups in total. The predicted molar refractivity (Wildman–Crippen MR) is 108 cm³/mol. The molecule has 8 nitrogen and oxygen atoms in total. The van der Waals surface area contributed by atoms with Crippen molar-refractivity contribution in [1.29, 1.82) is 0 Å². The van der Waals surface area contributed by atoms with Gasteiger partial charge in [-0.25, -0.2) is 14.0 Å². The Kier molecular flexibility index (Phi) is 6.86. The zero-order valence-corrected chi connectivity index (χ0v) is 16.9. The molecule has 0 radical (unpaired) electrons. The molecule has 9 heteroatoms. The maximum atomic E-state index is 13.8. The van der Waals surface area contributed by atoms with E-state index in [1.807, 2.05) is 0 Å². The molecule has 1 aromatic heterocycles. The maximum absolute atomic E-state index is 13.8. The number of rotatable bonds is 8. The molecule has 1 heterocycles. The van der Waals surface area contributed by atoms with Crippen LogP contribution in [0.4, 0.5) is 4.39 Å². The van der Waals surface area contributed by atoms with Crippen molar-refractivity contribution < 1.29 is 32.6 Å². The highest BCUT2D eigenvalue weighted by atomic mass is 19.1. The van der Waals surface area contributed by atoms with Gasteiger partial charge in [-0.15, -0.1) is 0 Å². The molecule has 31 heavy (non-hydrogen) atoms. The monoisotopic (exact) mass is 429 g/mol. The van der Waals surface area contributed by atoms with Crippen LogP contribution < -0.4 is 15.1 Å². The van der Waals surface area contributed by atoms with Gasteiger partial charge in [-0.05, 0) is 35.9 Å². The number of hydrogen-bond acceptors (Lipinski definition) is 7. The molecular weight excluding hydrogens is 409 g/mol. The van der Waals surface area contributed by atoms with E-state index in [-0.39, 0.29) is 12.3 Å². The van der Waals surface area contributed by atoms with Crippen LogP contribution in [0.25, 0.3) is 11.0 Å². The number of fused-ring (bicyclic) bond motifs is 1. The van der Waals surface area contributed by atoms with E-state index in [0.717, 1.165) is 0 Å². The Labute approximate surface area is 176 Å². The van der Waals surface area contributed by atoms with E-state index in [2.05, 4.69) is 0 Å². The fraction of sp³-hybridized carbons (Fsp3) is 0.227. The Bertz CT molecular complexity index is 1160. The summed E-state index contributed by atoms with van der Waals surface area (Å²) in [6.07, 6.45) is 0. The highest BCUT2D eigenvalue weighted by molar-refractivity contribution is 5.81. The van der Waals surface area contributed by atoms with Gasteiger partial charge in [-0.2, -0.15) is 0 Å². The van der Waals surface area contributed by atoms with E-state index in [0.29, 0.717) is 22.3 Å². The second kappa shape index (κ2) is 9.75. The minimum atomic E-state index is -0.744. The van der Waals surface area contributed by atoms with Gasteiger partial charge in [0.2, 0.25) is 0 Å². The average molecular weight is 429 g/mol. The topological polar surface area (TPSA) is 95.3 Å². The number of esters is 1. The number of ether oxygens (including phenoxy) is 3. The molecule has 162 valence electrons. The quantitative estimate of drug-likeness (QED) is 0.401. The number of hydrogen-bond donors (Lipinski definition) is 0. The average Bonchev–Trinajstić information content (AvgIpc) is 2.75. The minimum absolute atomic E-state index is 0.111. The van der Waals surface area contributed by atoms with Gasteiger partial charge >= 0.3 is 11.6 Å². The number of carbonyl (C=O) groups excluding carboxylic acids is 2. The fourth-order valence-corrected chi connectivity index (χ4v) is 2.74. The van der Waals surface area contributed by atoms with Gasteiger partial charge < -0.3 is 23.5 Å². The van der Waals surface area contributed by atoms with Crippen LogP contribution in [0.1, 0.15) is 5.56 Å². The lowest BCUT2D eigenvalue weighted by molar-refractivity contribution is -0.153. The zero-order chi connectivity index (χ0) is 22.4. The van der Waals surface area contributed by atoms with Crippen molar-refractivity contribution in [1.82, 2.24) is 4.90 Å². The van der Waals surface area contributed by atoms with E-state index in [1.165, 1.54) is 43.3 Å². The van der Waals surface area contributed by atoms with Crippen LogP contribution in [0.3, 0.4) is 0 Å². The lowest BCUT2D eigenvalue weighted by atomic mass is 10.2. The van der Waals surface area contributed by atoms with Gasteiger partial charge in [0, 0.05) is 31.1 Å². The third-order valence-electron chi connectivity index (χ3n) is 4.37. The molecule has 3 aromatic rings. The molecule has 0 bridgehead atoms. The van der Waals surface area contributed by atoms with Crippen LogP contribution in [0.5, 0.6) is 11.5 Å². The van der Waals surface area contributed by atoms with Crippen LogP contribution in [0.15, 0.2) is 57.7 Å². The van der Waals surface area contributed by atoms with Crippen LogP contribution >= 0.6 is 0 Å². The number of benzene rings is 2. The van der Waals surface area contributed by atoms with E-state index in [1.54, 1.807) is 24.3 Å². The van der Waals surface area contributed by atoms with Gasteiger partial charge in [0.05, 0.1) is 7.11 Å². The third-order valence-corrected chi connectivity index (χ3v) is 4.37. The van der Waals surface area contributed by atoms with Gasteiger partial charge in [-0.1, -0.05) is 6.07 Å². The van der Waals surface area contributed by atoms with E-state index >= 15 is 0 Å². The van der Waals surface area contributed by atoms with Crippen molar-refractivity contribution in [2.45, 2.75) is 6.54 Å². The SMILES string of the molecule is COc1ccc(CN(C)C(=O)COC(=O)COc2ccc3ccc(=O)oc3c2)cc1F. The van der Waals surface area contributed by atoms with Crippen molar-refractivity contribution in [3.8, 4) is 11.5 Å². The van der Waals surface area contributed by atoms with Gasteiger partial charge in [0.25, 0.3) is 5.91 Å². The number of carbonyl (C=O) groups is 2. The summed E-state index contributed by atoms with van der Waals surface area (Å²) in [5, 5.41) is 0.708. The first-order chi connectivity index (χ1) is 14.9. The summed E-state index contributed by atoms with van der Waals surface area (Å²) in [5.74, 6) is -1.31. The summed E-state index contributed by atoms with van der Waals surface area (Å²) in [6.45, 7) is -0.775. The number of methoxy groups -OCH3 is 1. The Morgan fingerprint density at radius 3 is 2.58 bits per heavy atom. The van der Waals surface area contributed by atoms with Crippen molar-refractivity contribution in [3.05, 3.63) is 70.3 Å². The summed E-state index contributed by atoms with van der Waals surface area (Å²) in [4.78, 5) is 36.6. The molecule has 0 aliphatic heterocycles. The van der Waals surface area contributed by atoms with E-state index < -0.39 is 36.5 Å². The Balaban J connectivity index is 1.47. The first-order valence-corrected chi connectivity index (χ1v) is 9.24. The van der Waals surface area contributed by atoms with Gasteiger partial charge in [0.1, 0.15) is 11.3 Å². The molecule has 0 saturated heterocycles. The molecule has 0 aliphatic carbocycles. The second-order valence-electron chi connectivity index (χ2n) is 6.62. The van der Waals surface area contributed by atoms with Crippen LogP contribution in [0, 0.1) is 5.82 Å². The summed E-state index contributed by atoms with van der Waals surface area (Å²) in [5.41, 5.74) is 0.390. The van der Waals surface area contributed by atoms with Crippen LogP contribution in [0.2, 0.25) is 0 Å².